The molecule has 0 saturated carbocycles. The normalized spacial score (nSPS) is 11.0. The summed E-state index contributed by atoms with van der Waals surface area (Å²) in [7, 11) is 0. The van der Waals surface area contributed by atoms with Crippen molar-refractivity contribution in [1.29, 1.82) is 0 Å². The van der Waals surface area contributed by atoms with Gasteiger partial charge in [-0.1, -0.05) is 11.6 Å². The zero-order valence-corrected chi connectivity index (χ0v) is 20.6. The molecule has 0 aliphatic heterocycles. The van der Waals surface area contributed by atoms with Crippen LogP contribution in [0.4, 0.5) is 16.2 Å². The Morgan fingerprint density at radius 3 is 2.66 bits per heavy atom. The Balaban J connectivity index is 1.54. The molecule has 0 saturated heterocycles. The van der Waals surface area contributed by atoms with Crippen LogP contribution in [0.5, 0.6) is 0 Å². The van der Waals surface area contributed by atoms with Gasteiger partial charge in [0.2, 0.25) is 5.78 Å². The lowest BCUT2D eigenvalue weighted by atomic mass is 10.1. The van der Waals surface area contributed by atoms with Crippen LogP contribution in [0.1, 0.15) is 35.5 Å². The van der Waals surface area contributed by atoms with Gasteiger partial charge in [0.05, 0.1) is 41.3 Å². The van der Waals surface area contributed by atoms with Crippen molar-refractivity contribution in [2.45, 2.75) is 33.3 Å². The van der Waals surface area contributed by atoms with Crippen molar-refractivity contribution in [2.75, 3.05) is 10.6 Å². The second-order valence-corrected chi connectivity index (χ2v) is 9.42. The number of ketones is 1. The van der Waals surface area contributed by atoms with Gasteiger partial charge in [0.15, 0.2) is 0 Å². The van der Waals surface area contributed by atoms with Gasteiger partial charge in [-0.25, -0.2) is 19.7 Å². The molecule has 0 atom stereocenters. The number of hydrogen-bond donors (Lipinski definition) is 2. The summed E-state index contributed by atoms with van der Waals surface area (Å²) in [5.41, 5.74) is 2.07. The van der Waals surface area contributed by atoms with Crippen LogP contribution in [0.15, 0.2) is 43.0 Å². The zero-order chi connectivity index (χ0) is 25.1. The first-order valence-electron chi connectivity index (χ1n) is 10.6. The number of imidazole rings is 1. The average Bonchev–Trinajstić information content (AvgIpc) is 3.40. The molecule has 35 heavy (non-hydrogen) atoms. The molecule has 10 nitrogen and oxygen atoms in total. The van der Waals surface area contributed by atoms with Gasteiger partial charge in [-0.05, 0) is 39.0 Å². The molecule has 2 N–H and O–H groups in total. The second-order valence-electron chi connectivity index (χ2n) is 7.90. The molecule has 0 aliphatic rings. The van der Waals surface area contributed by atoms with E-state index in [2.05, 4.69) is 25.6 Å². The molecular weight excluding hydrogens is 492 g/mol. The first-order chi connectivity index (χ1) is 16.7. The number of aromatic nitrogens is 4. The number of carbonyl (C=O) groups excluding carboxylic acids is 3. The third-order valence-corrected chi connectivity index (χ3v) is 5.90. The molecule has 180 valence electrons. The number of carbonyl (C=O) groups is 3. The van der Waals surface area contributed by atoms with Crippen LogP contribution >= 0.6 is 22.9 Å². The van der Waals surface area contributed by atoms with Gasteiger partial charge in [0, 0.05) is 23.6 Å². The van der Waals surface area contributed by atoms with Gasteiger partial charge in [0.1, 0.15) is 15.7 Å². The number of rotatable bonds is 7. The quantitative estimate of drug-likeness (QED) is 0.362. The van der Waals surface area contributed by atoms with E-state index in [1.165, 1.54) is 30.7 Å². The number of halogens is 1. The van der Waals surface area contributed by atoms with E-state index in [-0.39, 0.29) is 24.2 Å². The highest BCUT2D eigenvalue weighted by Crippen LogP contribution is 2.30. The molecule has 2 amide bonds. The van der Waals surface area contributed by atoms with E-state index < -0.39 is 6.09 Å². The van der Waals surface area contributed by atoms with Crippen molar-refractivity contribution in [3.05, 3.63) is 57.9 Å². The Morgan fingerprint density at radius 1 is 1.11 bits per heavy atom. The Kier molecular flexibility index (Phi) is 7.08. The molecule has 4 rings (SSSR count). The van der Waals surface area contributed by atoms with Gasteiger partial charge in [-0.2, -0.15) is 0 Å². The van der Waals surface area contributed by atoms with E-state index in [4.69, 9.17) is 16.3 Å². The number of fused-ring (bicyclic) bond motifs is 1. The van der Waals surface area contributed by atoms with E-state index >= 15 is 0 Å². The zero-order valence-electron chi connectivity index (χ0n) is 19.0. The van der Waals surface area contributed by atoms with Crippen LogP contribution in [0, 0.1) is 0 Å². The number of nitrogens with zero attached hydrogens (tertiary/aromatic N) is 4. The summed E-state index contributed by atoms with van der Waals surface area (Å²) in [6.45, 7) is 4.99. The molecule has 4 aromatic rings. The minimum absolute atomic E-state index is 0.0195. The molecule has 0 fully saturated rings. The van der Waals surface area contributed by atoms with Gasteiger partial charge < -0.3 is 10.1 Å². The van der Waals surface area contributed by atoms with E-state index in [0.29, 0.717) is 43.3 Å². The summed E-state index contributed by atoms with van der Waals surface area (Å²) in [6, 6.07) is 5.04. The summed E-state index contributed by atoms with van der Waals surface area (Å²) in [5.74, 6) is 0.0381. The lowest BCUT2D eigenvalue weighted by Crippen LogP contribution is -2.18. The minimum Gasteiger partial charge on any atom is -0.447 e. The standard InChI is InChI=1S/C23H21ClN6O4S/c1-12(2)34-23(33)28-15-8-26-22-29-18(11-30(22)10-15)16-7-14(4-5-17(16)24)27-21(32)19-9-25-20(35-19)6-13(3)31/h4-5,7-12H,6H2,1-3H3,(H,27,32)(H,28,33). The number of anilines is 2. The number of thiazole rings is 1. The molecule has 3 aromatic heterocycles. The van der Waals surface area contributed by atoms with Crippen LogP contribution in [0.2, 0.25) is 5.02 Å². The lowest BCUT2D eigenvalue weighted by Gasteiger charge is -2.09. The highest BCUT2D eigenvalue weighted by atomic mass is 35.5. The highest BCUT2D eigenvalue weighted by molar-refractivity contribution is 7.13. The molecule has 0 bridgehead atoms. The van der Waals surface area contributed by atoms with Gasteiger partial charge in [-0.3, -0.25) is 19.3 Å². The number of hydrogen-bond acceptors (Lipinski definition) is 8. The van der Waals surface area contributed by atoms with Gasteiger partial charge in [0.25, 0.3) is 5.91 Å². The Hall–Kier alpha value is -3.83. The Bertz CT molecular complexity index is 1430. The van der Waals surface area contributed by atoms with Crippen molar-refractivity contribution < 1.29 is 19.1 Å². The molecule has 0 radical (unpaired) electrons. The first-order valence-corrected chi connectivity index (χ1v) is 11.7. The van der Waals surface area contributed by atoms with Crippen molar-refractivity contribution in [3.63, 3.8) is 0 Å². The van der Waals surface area contributed by atoms with Gasteiger partial charge >= 0.3 is 6.09 Å². The number of benzene rings is 1. The first kappa shape index (κ1) is 24.3. The second kappa shape index (κ2) is 10.2. The van der Waals surface area contributed by atoms with Crippen LogP contribution in [-0.2, 0) is 16.0 Å². The molecule has 0 aliphatic carbocycles. The fraction of sp³-hybridized carbons (Fsp3) is 0.217. The van der Waals surface area contributed by atoms with Crippen molar-refractivity contribution in [2.24, 2.45) is 0 Å². The fourth-order valence-electron chi connectivity index (χ4n) is 3.14. The number of ether oxygens (including phenoxy) is 1. The van der Waals surface area contributed by atoms with Crippen molar-refractivity contribution >= 4 is 57.9 Å². The average molecular weight is 513 g/mol. The third-order valence-electron chi connectivity index (χ3n) is 4.58. The lowest BCUT2D eigenvalue weighted by molar-refractivity contribution is -0.116. The predicted molar refractivity (Wildman–Crippen MR) is 133 cm³/mol. The molecule has 1 aromatic carbocycles. The smallest absolute Gasteiger partial charge is 0.411 e. The van der Waals surface area contributed by atoms with Crippen LogP contribution in [0.3, 0.4) is 0 Å². The van der Waals surface area contributed by atoms with Gasteiger partial charge in [-0.15, -0.1) is 11.3 Å². The number of Topliss-reactive ketones (excluding diaryl/α,β-unsaturated/α-hetero) is 1. The van der Waals surface area contributed by atoms with Crippen molar-refractivity contribution in [3.8, 4) is 11.3 Å². The minimum atomic E-state index is -0.581. The van der Waals surface area contributed by atoms with E-state index in [0.717, 1.165) is 0 Å². The topological polar surface area (TPSA) is 128 Å². The molecule has 12 heteroatoms. The summed E-state index contributed by atoms with van der Waals surface area (Å²) in [4.78, 5) is 49.0. The Morgan fingerprint density at radius 2 is 1.91 bits per heavy atom. The van der Waals surface area contributed by atoms with Crippen LogP contribution in [-0.4, -0.2) is 43.2 Å². The monoisotopic (exact) mass is 512 g/mol. The maximum atomic E-state index is 12.6. The molecular formula is C23H21ClN6O4S. The summed E-state index contributed by atoms with van der Waals surface area (Å²) >= 11 is 7.59. The van der Waals surface area contributed by atoms with Crippen LogP contribution < -0.4 is 10.6 Å². The third kappa shape index (κ3) is 6.00. The summed E-state index contributed by atoms with van der Waals surface area (Å²) in [6.07, 6.45) is 5.66. The number of nitrogens with one attached hydrogen (secondary N) is 2. The van der Waals surface area contributed by atoms with E-state index in [1.54, 1.807) is 48.8 Å². The number of amides is 2. The predicted octanol–water partition coefficient (Wildman–Crippen LogP) is 4.85. The fourth-order valence-corrected chi connectivity index (χ4v) is 4.24. The maximum Gasteiger partial charge on any atom is 0.411 e. The molecule has 3 heterocycles. The van der Waals surface area contributed by atoms with Crippen LogP contribution in [0.25, 0.3) is 17.0 Å². The van der Waals surface area contributed by atoms with Crippen molar-refractivity contribution in [1.82, 2.24) is 19.4 Å². The Labute approximate surface area is 209 Å². The highest BCUT2D eigenvalue weighted by Gasteiger charge is 2.15. The molecule has 0 unspecified atom stereocenters. The largest absolute Gasteiger partial charge is 0.447 e. The maximum absolute atomic E-state index is 12.6. The van der Waals surface area contributed by atoms with E-state index in [9.17, 15) is 14.4 Å². The summed E-state index contributed by atoms with van der Waals surface area (Å²) in [5, 5.41) is 6.46. The van der Waals surface area contributed by atoms with E-state index in [1.807, 2.05) is 0 Å². The molecule has 0 spiro atoms. The SMILES string of the molecule is CC(=O)Cc1ncc(C(=O)Nc2ccc(Cl)c(-c3cn4cc(NC(=O)OC(C)C)cnc4n3)c2)s1. The summed E-state index contributed by atoms with van der Waals surface area (Å²) < 4.78 is 6.73.